The number of carbonyl (C=O) groups excluding carboxylic acids is 2. The van der Waals surface area contributed by atoms with Crippen LogP contribution in [0.1, 0.15) is 34.8 Å². The van der Waals surface area contributed by atoms with Crippen LogP contribution >= 0.6 is 35.8 Å². The van der Waals surface area contributed by atoms with Crippen molar-refractivity contribution in [1.29, 1.82) is 0 Å². The summed E-state index contributed by atoms with van der Waals surface area (Å²) in [6.45, 7) is 2.46. The molecule has 0 aromatic heterocycles. The molecule has 0 spiro atoms. The molecule has 9 heteroatoms. The molecule has 0 atom stereocenters. The average molecular weight is 624 g/mol. The number of aromatic hydroxyl groups is 1. The SMILES string of the molecule is CC(=O)Nc1ccc(OC(=O)c2ccccc2O)cc1.CN(C)CCC=C1c2ccccc2Sc2ccc(Cl)cc21.Cl. The molecule has 0 saturated heterocycles. The van der Waals surface area contributed by atoms with E-state index in [0.717, 1.165) is 18.0 Å². The third-order valence-electron chi connectivity index (χ3n) is 6.06. The van der Waals surface area contributed by atoms with Crippen molar-refractivity contribution in [2.45, 2.75) is 23.1 Å². The van der Waals surface area contributed by atoms with E-state index in [2.05, 4.69) is 66.8 Å². The van der Waals surface area contributed by atoms with Gasteiger partial charge in [-0.25, -0.2) is 4.79 Å². The van der Waals surface area contributed by atoms with E-state index in [1.165, 1.54) is 45.5 Å². The van der Waals surface area contributed by atoms with Gasteiger partial charge in [-0.3, -0.25) is 4.79 Å². The molecule has 218 valence electrons. The molecule has 5 rings (SSSR count). The van der Waals surface area contributed by atoms with E-state index in [-0.39, 0.29) is 29.6 Å². The molecule has 0 aliphatic carbocycles. The number of para-hydroxylation sites is 1. The number of fused-ring (bicyclic) bond motifs is 2. The Bertz CT molecular complexity index is 1570. The van der Waals surface area contributed by atoms with E-state index in [1.54, 1.807) is 36.4 Å². The van der Waals surface area contributed by atoms with Gasteiger partial charge in [0.15, 0.2) is 0 Å². The van der Waals surface area contributed by atoms with E-state index >= 15 is 0 Å². The van der Waals surface area contributed by atoms with Crippen molar-refractivity contribution in [1.82, 2.24) is 4.90 Å². The van der Waals surface area contributed by atoms with Gasteiger partial charge in [0, 0.05) is 34.0 Å². The van der Waals surface area contributed by atoms with Crippen LogP contribution in [0.5, 0.6) is 11.5 Å². The molecule has 0 fully saturated rings. The van der Waals surface area contributed by atoms with Gasteiger partial charge in [-0.1, -0.05) is 59.8 Å². The summed E-state index contributed by atoms with van der Waals surface area (Å²) < 4.78 is 5.13. The monoisotopic (exact) mass is 622 g/mol. The highest BCUT2D eigenvalue weighted by molar-refractivity contribution is 7.99. The third kappa shape index (κ3) is 8.87. The standard InChI is InChI=1S/C18H18ClNS.C15H13NO4.ClH/c1-20(2)11-5-7-14-15-6-3-4-8-17(15)21-18-10-9-13(19)12-16(14)18;1-10(17)16-11-6-8-12(9-7-11)20-15(19)13-4-2-3-5-14(13)18;/h3-4,6-10,12H,5,11H2,1-2H3;2-9,18H,1H3,(H,16,17);1H. The van der Waals surface area contributed by atoms with Gasteiger partial charge in [-0.15, -0.1) is 12.4 Å². The van der Waals surface area contributed by atoms with Gasteiger partial charge in [-0.05, 0) is 97.9 Å². The summed E-state index contributed by atoms with van der Waals surface area (Å²) in [5.41, 5.74) is 4.59. The van der Waals surface area contributed by atoms with E-state index in [0.29, 0.717) is 11.4 Å². The molecule has 1 heterocycles. The van der Waals surface area contributed by atoms with Crippen LogP contribution in [0.3, 0.4) is 0 Å². The molecule has 2 N–H and O–H groups in total. The molecule has 0 bridgehead atoms. The molecule has 4 aromatic carbocycles. The van der Waals surface area contributed by atoms with E-state index < -0.39 is 5.97 Å². The second-order valence-corrected chi connectivity index (χ2v) is 11.1. The van der Waals surface area contributed by atoms with Crippen molar-refractivity contribution in [2.75, 3.05) is 26.0 Å². The van der Waals surface area contributed by atoms with Crippen molar-refractivity contribution in [3.8, 4) is 11.5 Å². The van der Waals surface area contributed by atoms with Crippen LogP contribution in [0.2, 0.25) is 5.02 Å². The average Bonchev–Trinajstić information content (AvgIpc) is 2.94. The topological polar surface area (TPSA) is 78.9 Å². The van der Waals surface area contributed by atoms with Gasteiger partial charge in [-0.2, -0.15) is 0 Å². The quantitative estimate of drug-likeness (QED) is 0.147. The first kappa shape index (κ1) is 32.8. The Labute approximate surface area is 261 Å². The second kappa shape index (κ2) is 15.5. The van der Waals surface area contributed by atoms with Gasteiger partial charge in [0.2, 0.25) is 5.91 Å². The number of nitrogens with zero attached hydrogens (tertiary/aromatic N) is 1. The number of phenols is 1. The number of esters is 1. The minimum atomic E-state index is -0.643. The second-order valence-electron chi connectivity index (χ2n) is 9.56. The maximum Gasteiger partial charge on any atom is 0.347 e. The van der Waals surface area contributed by atoms with Crippen LogP contribution in [0.25, 0.3) is 5.57 Å². The zero-order valence-electron chi connectivity index (χ0n) is 23.5. The van der Waals surface area contributed by atoms with Crippen LogP contribution in [-0.4, -0.2) is 42.5 Å². The zero-order chi connectivity index (χ0) is 29.4. The van der Waals surface area contributed by atoms with Crippen LogP contribution in [0.4, 0.5) is 5.69 Å². The minimum Gasteiger partial charge on any atom is -0.507 e. The summed E-state index contributed by atoms with van der Waals surface area (Å²) in [5.74, 6) is -0.626. The number of phenolic OH excluding ortho intramolecular Hbond substituents is 1. The Balaban J connectivity index is 0.000000225. The Hall–Kier alpha value is -3.75. The molecule has 0 saturated carbocycles. The van der Waals surface area contributed by atoms with E-state index in [1.807, 2.05) is 17.8 Å². The van der Waals surface area contributed by atoms with Gasteiger partial charge in [0.1, 0.15) is 17.1 Å². The number of benzene rings is 4. The summed E-state index contributed by atoms with van der Waals surface area (Å²) in [4.78, 5) is 27.5. The zero-order valence-corrected chi connectivity index (χ0v) is 25.9. The first-order valence-corrected chi connectivity index (χ1v) is 14.2. The molecule has 4 aromatic rings. The highest BCUT2D eigenvalue weighted by Gasteiger charge is 2.20. The molecule has 1 aliphatic rings. The Kier molecular flexibility index (Phi) is 12.1. The minimum absolute atomic E-state index is 0. The predicted molar refractivity (Wildman–Crippen MR) is 173 cm³/mol. The lowest BCUT2D eigenvalue weighted by atomic mass is 9.96. The lowest BCUT2D eigenvalue weighted by Gasteiger charge is -2.22. The molecule has 0 unspecified atom stereocenters. The van der Waals surface area contributed by atoms with E-state index in [9.17, 15) is 14.7 Å². The molecule has 1 amide bonds. The first-order valence-electron chi connectivity index (χ1n) is 13.0. The number of halogens is 2. The number of hydrogen-bond acceptors (Lipinski definition) is 6. The van der Waals surface area contributed by atoms with Gasteiger partial charge in [0.25, 0.3) is 0 Å². The summed E-state index contributed by atoms with van der Waals surface area (Å²) in [6, 6.07) is 27.3. The van der Waals surface area contributed by atoms with Crippen molar-refractivity contribution < 1.29 is 19.4 Å². The van der Waals surface area contributed by atoms with Gasteiger partial charge >= 0.3 is 5.97 Å². The summed E-state index contributed by atoms with van der Waals surface area (Å²) in [7, 11) is 4.21. The summed E-state index contributed by atoms with van der Waals surface area (Å²) in [6.07, 6.45) is 3.38. The van der Waals surface area contributed by atoms with Crippen LogP contribution in [0, 0.1) is 0 Å². The summed E-state index contributed by atoms with van der Waals surface area (Å²) in [5, 5.41) is 13.0. The largest absolute Gasteiger partial charge is 0.507 e. The number of hydrogen-bond donors (Lipinski definition) is 2. The molecular formula is C33H32Cl2N2O4S. The van der Waals surface area contributed by atoms with Gasteiger partial charge < -0.3 is 20.1 Å². The Morgan fingerprint density at radius 1 is 0.929 bits per heavy atom. The molecule has 6 nitrogen and oxygen atoms in total. The lowest BCUT2D eigenvalue weighted by Crippen LogP contribution is -2.12. The smallest absolute Gasteiger partial charge is 0.347 e. The van der Waals surface area contributed by atoms with Gasteiger partial charge in [0.05, 0.1) is 0 Å². The van der Waals surface area contributed by atoms with Crippen LogP contribution in [0.15, 0.2) is 107 Å². The fraction of sp³-hybridized carbons (Fsp3) is 0.152. The van der Waals surface area contributed by atoms with Crippen molar-refractivity contribution in [2.24, 2.45) is 0 Å². The first-order chi connectivity index (χ1) is 19.7. The van der Waals surface area contributed by atoms with Crippen molar-refractivity contribution in [3.05, 3.63) is 119 Å². The number of carbonyl (C=O) groups is 2. The maximum absolute atomic E-state index is 11.8. The number of rotatable bonds is 6. The molecular weight excluding hydrogens is 591 g/mol. The lowest BCUT2D eigenvalue weighted by molar-refractivity contribution is -0.114. The highest BCUT2D eigenvalue weighted by atomic mass is 35.5. The number of nitrogens with one attached hydrogen (secondary N) is 1. The van der Waals surface area contributed by atoms with Crippen LogP contribution in [-0.2, 0) is 4.79 Å². The summed E-state index contributed by atoms with van der Waals surface area (Å²) >= 11 is 8.03. The fourth-order valence-electron chi connectivity index (χ4n) is 4.15. The number of anilines is 1. The Morgan fingerprint density at radius 2 is 1.60 bits per heavy atom. The van der Waals surface area contributed by atoms with Crippen LogP contribution < -0.4 is 10.1 Å². The normalized spacial score (nSPS) is 12.3. The van der Waals surface area contributed by atoms with E-state index in [4.69, 9.17) is 16.3 Å². The predicted octanol–water partition coefficient (Wildman–Crippen LogP) is 8.18. The van der Waals surface area contributed by atoms with Crippen molar-refractivity contribution in [3.63, 3.8) is 0 Å². The third-order valence-corrected chi connectivity index (χ3v) is 7.45. The maximum atomic E-state index is 11.8. The molecule has 42 heavy (non-hydrogen) atoms. The number of amides is 1. The molecule has 1 aliphatic heterocycles. The highest BCUT2D eigenvalue weighted by Crippen LogP contribution is 2.46. The fourth-order valence-corrected chi connectivity index (χ4v) is 5.41. The number of ether oxygens (including phenoxy) is 1. The van der Waals surface area contributed by atoms with Crippen molar-refractivity contribution >= 4 is 58.9 Å². The Morgan fingerprint density at radius 3 is 2.29 bits per heavy atom. The molecule has 0 radical (unpaired) electrons.